The van der Waals surface area contributed by atoms with Crippen LogP contribution in [0.3, 0.4) is 0 Å². The van der Waals surface area contributed by atoms with Gasteiger partial charge in [-0.1, -0.05) is 33.3 Å². The fraction of sp³-hybridized carbons (Fsp3) is 0.688. The Morgan fingerprint density at radius 3 is 2.72 bits per heavy atom. The van der Waals surface area contributed by atoms with Gasteiger partial charge in [-0.15, -0.1) is 0 Å². The molecule has 0 amide bonds. The highest BCUT2D eigenvalue weighted by molar-refractivity contribution is 5.03. The lowest BCUT2D eigenvalue weighted by atomic mass is 9.95. The third-order valence-electron chi connectivity index (χ3n) is 3.54. The molecule has 1 aromatic rings. The molecule has 0 saturated heterocycles. The molecule has 2 heteroatoms. The number of hydrogen-bond donors (Lipinski definition) is 1. The van der Waals surface area contributed by atoms with Crippen LogP contribution in [0.1, 0.15) is 52.1 Å². The molecule has 0 spiro atoms. The van der Waals surface area contributed by atoms with Crippen molar-refractivity contribution in [3.63, 3.8) is 0 Å². The fourth-order valence-corrected chi connectivity index (χ4v) is 2.17. The molecule has 1 rings (SSSR count). The topological polar surface area (TPSA) is 24.9 Å². The van der Waals surface area contributed by atoms with Gasteiger partial charge in [0.2, 0.25) is 0 Å². The Hall–Kier alpha value is -0.890. The van der Waals surface area contributed by atoms with Gasteiger partial charge in [-0.3, -0.25) is 4.98 Å². The van der Waals surface area contributed by atoms with Gasteiger partial charge in [0, 0.05) is 17.9 Å². The van der Waals surface area contributed by atoms with Gasteiger partial charge in [-0.25, -0.2) is 0 Å². The second-order valence-corrected chi connectivity index (χ2v) is 5.26. The number of aromatic nitrogens is 1. The molecular weight excluding hydrogens is 220 g/mol. The summed E-state index contributed by atoms with van der Waals surface area (Å²) in [6.45, 7) is 7.98. The first kappa shape index (κ1) is 15.2. The maximum Gasteiger partial charge on any atom is 0.0404 e. The number of rotatable bonds is 9. The molecule has 1 aromatic heterocycles. The Bertz CT molecular complexity index is 297. The highest BCUT2D eigenvalue weighted by Crippen LogP contribution is 2.14. The van der Waals surface area contributed by atoms with Crippen molar-refractivity contribution in [2.45, 2.75) is 58.9 Å². The molecule has 2 nitrogen and oxygen atoms in total. The normalized spacial score (nSPS) is 14.4. The molecule has 0 aromatic carbocycles. The van der Waals surface area contributed by atoms with E-state index in [0.29, 0.717) is 6.04 Å². The molecule has 18 heavy (non-hydrogen) atoms. The predicted molar refractivity (Wildman–Crippen MR) is 78.7 cm³/mol. The number of nitrogens with one attached hydrogen (secondary N) is 1. The molecule has 0 saturated carbocycles. The number of nitrogens with zero attached hydrogens (tertiary/aromatic N) is 1. The standard InChI is InChI=1S/C16H28N2/c1-4-11-17-16(13-14(3)5-2)10-9-15-8-6-7-12-18-15/h6-8,12,14,16-17H,4-5,9-11,13H2,1-3H3. The Morgan fingerprint density at radius 1 is 1.28 bits per heavy atom. The van der Waals surface area contributed by atoms with Crippen molar-refractivity contribution in [3.8, 4) is 0 Å². The summed E-state index contributed by atoms with van der Waals surface area (Å²) in [4.78, 5) is 4.40. The molecule has 0 bridgehead atoms. The fourth-order valence-electron chi connectivity index (χ4n) is 2.17. The third kappa shape index (κ3) is 6.15. The minimum atomic E-state index is 0.641. The van der Waals surface area contributed by atoms with E-state index in [1.165, 1.54) is 31.4 Å². The van der Waals surface area contributed by atoms with Crippen LogP contribution in [-0.2, 0) is 6.42 Å². The molecule has 1 N–H and O–H groups in total. The van der Waals surface area contributed by atoms with E-state index in [-0.39, 0.29) is 0 Å². The van der Waals surface area contributed by atoms with Crippen molar-refractivity contribution in [2.24, 2.45) is 5.92 Å². The average molecular weight is 248 g/mol. The Labute approximate surface area is 112 Å². The summed E-state index contributed by atoms with van der Waals surface area (Å²) in [5.41, 5.74) is 1.21. The highest BCUT2D eigenvalue weighted by atomic mass is 14.9. The quantitative estimate of drug-likeness (QED) is 0.718. The lowest BCUT2D eigenvalue weighted by Gasteiger charge is -2.21. The van der Waals surface area contributed by atoms with Crippen molar-refractivity contribution in [1.29, 1.82) is 0 Å². The van der Waals surface area contributed by atoms with E-state index < -0.39 is 0 Å². The second kappa shape index (κ2) is 9.09. The van der Waals surface area contributed by atoms with Crippen LogP contribution in [0.4, 0.5) is 0 Å². The van der Waals surface area contributed by atoms with Crippen LogP contribution in [-0.4, -0.2) is 17.6 Å². The molecule has 0 aliphatic carbocycles. The zero-order valence-corrected chi connectivity index (χ0v) is 12.2. The second-order valence-electron chi connectivity index (χ2n) is 5.26. The average Bonchev–Trinajstić information content (AvgIpc) is 2.42. The van der Waals surface area contributed by atoms with Gasteiger partial charge in [0.1, 0.15) is 0 Å². The van der Waals surface area contributed by atoms with E-state index in [2.05, 4.69) is 43.2 Å². The summed E-state index contributed by atoms with van der Waals surface area (Å²) < 4.78 is 0. The summed E-state index contributed by atoms with van der Waals surface area (Å²) in [6.07, 6.45) is 7.93. The lowest BCUT2D eigenvalue weighted by molar-refractivity contribution is 0.376. The lowest BCUT2D eigenvalue weighted by Crippen LogP contribution is -2.32. The largest absolute Gasteiger partial charge is 0.314 e. The molecule has 2 unspecified atom stereocenters. The van der Waals surface area contributed by atoms with Crippen LogP contribution < -0.4 is 5.32 Å². The van der Waals surface area contributed by atoms with Gasteiger partial charge in [0.05, 0.1) is 0 Å². The van der Waals surface area contributed by atoms with E-state index >= 15 is 0 Å². The number of hydrogen-bond acceptors (Lipinski definition) is 2. The maximum atomic E-state index is 4.40. The molecule has 102 valence electrons. The zero-order chi connectivity index (χ0) is 13.2. The van der Waals surface area contributed by atoms with E-state index in [9.17, 15) is 0 Å². The molecule has 0 fully saturated rings. The summed E-state index contributed by atoms with van der Waals surface area (Å²) in [5.74, 6) is 0.808. The van der Waals surface area contributed by atoms with Crippen molar-refractivity contribution in [1.82, 2.24) is 10.3 Å². The van der Waals surface area contributed by atoms with E-state index in [1.54, 1.807) is 0 Å². The van der Waals surface area contributed by atoms with Gasteiger partial charge in [0.25, 0.3) is 0 Å². The Morgan fingerprint density at radius 2 is 2.11 bits per heavy atom. The van der Waals surface area contributed by atoms with Crippen LogP contribution in [0.2, 0.25) is 0 Å². The van der Waals surface area contributed by atoms with Crippen molar-refractivity contribution in [2.75, 3.05) is 6.54 Å². The van der Waals surface area contributed by atoms with Crippen molar-refractivity contribution >= 4 is 0 Å². The van der Waals surface area contributed by atoms with Crippen LogP contribution in [0.5, 0.6) is 0 Å². The predicted octanol–water partition coefficient (Wildman–Crippen LogP) is 3.82. The molecular formula is C16H28N2. The molecule has 1 heterocycles. The number of pyridine rings is 1. The van der Waals surface area contributed by atoms with Crippen LogP contribution in [0.25, 0.3) is 0 Å². The van der Waals surface area contributed by atoms with Gasteiger partial charge in [-0.05, 0) is 50.3 Å². The summed E-state index contributed by atoms with van der Waals surface area (Å²) in [5, 5.41) is 3.68. The Kier molecular flexibility index (Phi) is 7.66. The van der Waals surface area contributed by atoms with Gasteiger partial charge < -0.3 is 5.32 Å². The van der Waals surface area contributed by atoms with Crippen molar-refractivity contribution in [3.05, 3.63) is 30.1 Å². The Balaban J connectivity index is 2.39. The highest BCUT2D eigenvalue weighted by Gasteiger charge is 2.11. The maximum absolute atomic E-state index is 4.40. The van der Waals surface area contributed by atoms with Crippen LogP contribution >= 0.6 is 0 Å². The van der Waals surface area contributed by atoms with Crippen molar-refractivity contribution < 1.29 is 0 Å². The first-order valence-electron chi connectivity index (χ1n) is 7.39. The van der Waals surface area contributed by atoms with E-state index in [0.717, 1.165) is 18.9 Å². The monoisotopic (exact) mass is 248 g/mol. The van der Waals surface area contributed by atoms with Gasteiger partial charge in [-0.2, -0.15) is 0 Å². The van der Waals surface area contributed by atoms with E-state index in [1.807, 2.05) is 12.3 Å². The minimum Gasteiger partial charge on any atom is -0.314 e. The summed E-state index contributed by atoms with van der Waals surface area (Å²) in [6, 6.07) is 6.82. The van der Waals surface area contributed by atoms with Gasteiger partial charge in [0.15, 0.2) is 0 Å². The van der Waals surface area contributed by atoms with Crippen LogP contribution in [0.15, 0.2) is 24.4 Å². The molecule has 0 aliphatic rings. The minimum absolute atomic E-state index is 0.641. The molecule has 0 radical (unpaired) electrons. The number of aryl methyl sites for hydroxylation is 1. The van der Waals surface area contributed by atoms with Crippen LogP contribution in [0, 0.1) is 5.92 Å². The third-order valence-corrected chi connectivity index (χ3v) is 3.54. The summed E-state index contributed by atoms with van der Waals surface area (Å²) >= 11 is 0. The SMILES string of the molecule is CCCNC(CCc1ccccn1)CC(C)CC. The van der Waals surface area contributed by atoms with Gasteiger partial charge >= 0.3 is 0 Å². The molecule has 2 atom stereocenters. The zero-order valence-electron chi connectivity index (χ0n) is 12.2. The first-order chi connectivity index (χ1) is 8.76. The summed E-state index contributed by atoms with van der Waals surface area (Å²) in [7, 11) is 0. The smallest absolute Gasteiger partial charge is 0.0404 e. The first-order valence-corrected chi connectivity index (χ1v) is 7.39. The molecule has 0 aliphatic heterocycles. The van der Waals surface area contributed by atoms with E-state index in [4.69, 9.17) is 0 Å².